The highest BCUT2D eigenvalue weighted by molar-refractivity contribution is 7.99. The van der Waals surface area contributed by atoms with E-state index in [-0.39, 0.29) is 11.7 Å². The molecule has 0 fully saturated rings. The quantitative estimate of drug-likeness (QED) is 0.423. The highest BCUT2D eigenvalue weighted by atomic mass is 32.2. The van der Waals surface area contributed by atoms with Gasteiger partial charge in [-0.25, -0.2) is 0 Å². The van der Waals surface area contributed by atoms with Crippen LogP contribution in [0.25, 0.3) is 0 Å². The Balaban J connectivity index is 1.36. The first-order chi connectivity index (χ1) is 16.5. The number of fused-ring (bicyclic) bond motifs is 1. The summed E-state index contributed by atoms with van der Waals surface area (Å²) >= 11 is 1.36. The second-order valence-corrected chi connectivity index (χ2v) is 9.33. The fraction of sp³-hybridized carbons (Fsp3) is 0.400. The number of carbonyl (C=O) groups is 1. The van der Waals surface area contributed by atoms with Crippen molar-refractivity contribution in [2.45, 2.75) is 45.5 Å². The molecule has 2 heterocycles. The zero-order chi connectivity index (χ0) is 23.9. The highest BCUT2D eigenvalue weighted by Crippen LogP contribution is 2.32. The molecular formula is C25H30N4O4S. The van der Waals surface area contributed by atoms with Crippen LogP contribution >= 0.6 is 11.8 Å². The molecule has 1 aliphatic heterocycles. The number of hydrogen-bond acceptors (Lipinski definition) is 7. The van der Waals surface area contributed by atoms with Crippen LogP contribution < -0.4 is 19.5 Å². The van der Waals surface area contributed by atoms with Gasteiger partial charge in [0.05, 0.1) is 5.75 Å². The maximum Gasteiger partial charge on any atom is 0.234 e. The van der Waals surface area contributed by atoms with Gasteiger partial charge in [-0.3, -0.25) is 4.79 Å². The lowest BCUT2D eigenvalue weighted by atomic mass is 10.2. The molecule has 8 nitrogen and oxygen atoms in total. The third kappa shape index (κ3) is 6.22. The maximum absolute atomic E-state index is 12.6. The first kappa shape index (κ1) is 23.9. The van der Waals surface area contributed by atoms with Crippen molar-refractivity contribution in [3.8, 4) is 17.2 Å². The molecule has 0 radical (unpaired) electrons. The van der Waals surface area contributed by atoms with E-state index < -0.39 is 0 Å². The minimum Gasteiger partial charge on any atom is -0.486 e. The number of hydrogen-bond donors (Lipinski definition) is 1. The first-order valence-corrected chi connectivity index (χ1v) is 12.5. The van der Waals surface area contributed by atoms with Crippen molar-refractivity contribution in [2.75, 3.05) is 24.3 Å². The molecule has 0 atom stereocenters. The number of aryl methyl sites for hydroxylation is 1. The van der Waals surface area contributed by atoms with Crippen LogP contribution in [0.3, 0.4) is 0 Å². The number of rotatable bonds is 10. The molecule has 9 heteroatoms. The van der Waals surface area contributed by atoms with Gasteiger partial charge < -0.3 is 24.1 Å². The van der Waals surface area contributed by atoms with Crippen LogP contribution in [-0.4, -0.2) is 39.6 Å². The van der Waals surface area contributed by atoms with Crippen LogP contribution in [0.1, 0.15) is 32.2 Å². The Hall–Kier alpha value is -3.20. The molecule has 34 heavy (non-hydrogen) atoms. The third-order valence-corrected chi connectivity index (χ3v) is 6.17. The number of thioether (sulfide) groups is 1. The van der Waals surface area contributed by atoms with E-state index in [0.29, 0.717) is 48.1 Å². The number of carbonyl (C=O) groups excluding carboxylic acids is 1. The van der Waals surface area contributed by atoms with E-state index in [1.54, 1.807) is 18.2 Å². The number of nitrogens with one attached hydrogen (secondary N) is 1. The van der Waals surface area contributed by atoms with Crippen LogP contribution in [0.5, 0.6) is 17.2 Å². The topological polar surface area (TPSA) is 87.5 Å². The van der Waals surface area contributed by atoms with Gasteiger partial charge in [0.2, 0.25) is 5.91 Å². The fourth-order valence-electron chi connectivity index (χ4n) is 3.50. The van der Waals surface area contributed by atoms with E-state index in [1.165, 1.54) is 17.3 Å². The lowest BCUT2D eigenvalue weighted by Crippen LogP contribution is -2.17. The van der Waals surface area contributed by atoms with Crippen molar-refractivity contribution in [3.63, 3.8) is 0 Å². The van der Waals surface area contributed by atoms with Crippen molar-refractivity contribution in [1.82, 2.24) is 14.8 Å². The summed E-state index contributed by atoms with van der Waals surface area (Å²) in [5.41, 5.74) is 1.94. The Morgan fingerprint density at radius 3 is 2.62 bits per heavy atom. The molecule has 0 spiro atoms. The Morgan fingerprint density at radius 1 is 1.12 bits per heavy atom. The standard InChI is InChI=1S/C25H30N4O4S/c1-4-18-5-8-20(9-6-18)33-15-23-27-28-25(29(23)14-17(2)3)34-16-24(30)26-19-7-10-21-22(13-19)32-12-11-31-21/h5-10,13,17H,4,11-12,14-16H2,1-3H3,(H,26,30). The van der Waals surface area contributed by atoms with Gasteiger partial charge in [0.25, 0.3) is 0 Å². The zero-order valence-electron chi connectivity index (χ0n) is 19.7. The van der Waals surface area contributed by atoms with Gasteiger partial charge in [-0.1, -0.05) is 44.7 Å². The third-order valence-electron chi connectivity index (χ3n) is 5.20. The summed E-state index contributed by atoms with van der Waals surface area (Å²) in [6.07, 6.45) is 0.992. The minimum absolute atomic E-state index is 0.130. The fourth-order valence-corrected chi connectivity index (χ4v) is 4.27. The second kappa shape index (κ2) is 11.3. The molecule has 1 aromatic heterocycles. The summed E-state index contributed by atoms with van der Waals surface area (Å²) in [7, 11) is 0. The molecule has 0 bridgehead atoms. The molecule has 180 valence electrons. The summed E-state index contributed by atoms with van der Waals surface area (Å²) in [5.74, 6) is 3.34. The van der Waals surface area contributed by atoms with Gasteiger partial charge in [-0.15, -0.1) is 10.2 Å². The van der Waals surface area contributed by atoms with E-state index in [4.69, 9.17) is 14.2 Å². The Morgan fingerprint density at radius 2 is 1.88 bits per heavy atom. The van der Waals surface area contributed by atoms with Crippen molar-refractivity contribution in [2.24, 2.45) is 5.92 Å². The van der Waals surface area contributed by atoms with Gasteiger partial charge in [0.1, 0.15) is 25.6 Å². The molecule has 0 unspecified atom stereocenters. The van der Waals surface area contributed by atoms with E-state index >= 15 is 0 Å². The van der Waals surface area contributed by atoms with Gasteiger partial charge >= 0.3 is 0 Å². The monoisotopic (exact) mass is 482 g/mol. The Bertz CT molecular complexity index is 1110. The molecular weight excluding hydrogens is 452 g/mol. The Labute approximate surface area is 204 Å². The van der Waals surface area contributed by atoms with Crippen molar-refractivity contribution < 1.29 is 19.0 Å². The second-order valence-electron chi connectivity index (χ2n) is 8.38. The molecule has 1 amide bonds. The molecule has 1 N–H and O–H groups in total. The number of aromatic nitrogens is 3. The van der Waals surface area contributed by atoms with E-state index in [1.807, 2.05) is 16.7 Å². The number of anilines is 1. The lowest BCUT2D eigenvalue weighted by molar-refractivity contribution is -0.113. The maximum atomic E-state index is 12.6. The van der Waals surface area contributed by atoms with Crippen LogP contribution in [-0.2, 0) is 24.4 Å². The number of benzene rings is 2. The van der Waals surface area contributed by atoms with E-state index in [2.05, 4.69) is 48.4 Å². The average molecular weight is 483 g/mol. The van der Waals surface area contributed by atoms with Crippen molar-refractivity contribution in [3.05, 3.63) is 53.9 Å². The summed E-state index contributed by atoms with van der Waals surface area (Å²) in [5, 5.41) is 12.3. The predicted octanol–water partition coefficient (Wildman–Crippen LogP) is 4.58. The van der Waals surface area contributed by atoms with Crippen LogP contribution in [0, 0.1) is 5.92 Å². The van der Waals surface area contributed by atoms with Gasteiger partial charge in [-0.05, 0) is 42.2 Å². The van der Waals surface area contributed by atoms with Gasteiger partial charge in [0, 0.05) is 18.3 Å². The van der Waals surface area contributed by atoms with Crippen LogP contribution in [0.4, 0.5) is 5.69 Å². The number of ether oxygens (including phenoxy) is 3. The molecule has 0 aliphatic carbocycles. The van der Waals surface area contributed by atoms with Crippen molar-refractivity contribution >= 4 is 23.4 Å². The Kier molecular flexibility index (Phi) is 7.95. The SMILES string of the molecule is CCc1ccc(OCc2nnc(SCC(=O)Nc3ccc4c(c3)OCCO4)n2CC(C)C)cc1. The molecule has 4 rings (SSSR count). The lowest BCUT2D eigenvalue weighted by Gasteiger charge is -2.19. The molecule has 1 aliphatic rings. The summed E-state index contributed by atoms with van der Waals surface area (Å²) < 4.78 is 19.1. The predicted molar refractivity (Wildman–Crippen MR) is 132 cm³/mol. The van der Waals surface area contributed by atoms with Crippen molar-refractivity contribution in [1.29, 1.82) is 0 Å². The largest absolute Gasteiger partial charge is 0.486 e. The highest BCUT2D eigenvalue weighted by Gasteiger charge is 2.17. The zero-order valence-corrected chi connectivity index (χ0v) is 20.6. The van der Waals surface area contributed by atoms with Crippen LogP contribution in [0.15, 0.2) is 47.6 Å². The van der Waals surface area contributed by atoms with Gasteiger partial charge in [0.15, 0.2) is 22.5 Å². The van der Waals surface area contributed by atoms with Gasteiger partial charge in [-0.2, -0.15) is 0 Å². The average Bonchev–Trinajstić information content (AvgIpc) is 3.22. The molecule has 0 saturated heterocycles. The number of nitrogens with zero attached hydrogens (tertiary/aromatic N) is 3. The minimum atomic E-state index is -0.130. The first-order valence-electron chi connectivity index (χ1n) is 11.5. The number of amides is 1. The van der Waals surface area contributed by atoms with E-state index in [0.717, 1.165) is 24.5 Å². The molecule has 0 saturated carbocycles. The molecule has 2 aromatic carbocycles. The van der Waals surface area contributed by atoms with E-state index in [9.17, 15) is 4.79 Å². The smallest absolute Gasteiger partial charge is 0.234 e. The normalized spacial score (nSPS) is 12.6. The molecule has 3 aromatic rings. The summed E-state index contributed by atoms with van der Waals surface area (Å²) in [6, 6.07) is 13.5. The summed E-state index contributed by atoms with van der Waals surface area (Å²) in [4.78, 5) is 12.6. The summed E-state index contributed by atoms with van der Waals surface area (Å²) in [6.45, 7) is 8.49. The van der Waals surface area contributed by atoms with Crippen LogP contribution in [0.2, 0.25) is 0 Å².